The molecule has 1 aliphatic carbocycles. The van der Waals surface area contributed by atoms with Gasteiger partial charge in [0.15, 0.2) is 0 Å². The van der Waals surface area contributed by atoms with E-state index in [1.54, 1.807) is 0 Å². The van der Waals surface area contributed by atoms with E-state index in [0.717, 1.165) is 24.2 Å². The third kappa shape index (κ3) is 3.21. The van der Waals surface area contributed by atoms with Crippen LogP contribution in [0.15, 0.2) is 24.5 Å². The van der Waals surface area contributed by atoms with Crippen LogP contribution in [0.5, 0.6) is 0 Å². The molecular weight excluding hydrogens is 286 g/mol. The molecule has 1 amide bonds. The van der Waals surface area contributed by atoms with Gasteiger partial charge in [-0.15, -0.1) is 0 Å². The van der Waals surface area contributed by atoms with Crippen LogP contribution in [0.1, 0.15) is 37.8 Å². The Morgan fingerprint density at radius 2 is 2.10 bits per heavy atom. The van der Waals surface area contributed by atoms with Gasteiger partial charge in [0.1, 0.15) is 5.65 Å². The average molecular weight is 306 g/mol. The van der Waals surface area contributed by atoms with Crippen LogP contribution in [-0.2, 0) is 11.2 Å². The minimum absolute atomic E-state index is 0.149. The topological polar surface area (TPSA) is 37.6 Å². The summed E-state index contributed by atoms with van der Waals surface area (Å²) in [4.78, 5) is 18.8. The van der Waals surface area contributed by atoms with Crippen molar-refractivity contribution in [2.24, 2.45) is 0 Å². The predicted molar refractivity (Wildman–Crippen MR) is 83.5 cm³/mol. The first-order valence-electron chi connectivity index (χ1n) is 7.52. The molecule has 112 valence electrons. The van der Waals surface area contributed by atoms with Crippen LogP contribution in [0.4, 0.5) is 0 Å². The van der Waals surface area contributed by atoms with Gasteiger partial charge in [0.25, 0.3) is 0 Å². The molecule has 21 heavy (non-hydrogen) atoms. The summed E-state index contributed by atoms with van der Waals surface area (Å²) in [5.41, 5.74) is 1.62. The molecule has 0 N–H and O–H groups in total. The second-order valence-corrected chi connectivity index (χ2v) is 6.25. The number of fused-ring (bicyclic) bond motifs is 1. The van der Waals surface area contributed by atoms with Crippen LogP contribution in [0.2, 0.25) is 5.02 Å². The zero-order valence-corrected chi connectivity index (χ0v) is 13.0. The summed E-state index contributed by atoms with van der Waals surface area (Å²) in [6, 6.07) is 4.07. The predicted octanol–water partition coefficient (Wildman–Crippen LogP) is 3.32. The number of carbonyl (C=O) groups is 1. The highest BCUT2D eigenvalue weighted by Gasteiger charge is 2.22. The molecule has 0 aromatic carbocycles. The molecule has 0 unspecified atom stereocenters. The lowest BCUT2D eigenvalue weighted by molar-refractivity contribution is -0.131. The molecule has 5 heteroatoms. The summed E-state index contributed by atoms with van der Waals surface area (Å²) in [7, 11) is 1.92. The highest BCUT2D eigenvalue weighted by Crippen LogP contribution is 2.22. The van der Waals surface area contributed by atoms with E-state index in [2.05, 4.69) is 4.98 Å². The molecule has 2 aromatic rings. The summed E-state index contributed by atoms with van der Waals surface area (Å²) < 4.78 is 1.87. The lowest BCUT2D eigenvalue weighted by Gasteiger charge is -2.31. The molecule has 1 aliphatic rings. The van der Waals surface area contributed by atoms with Crippen molar-refractivity contribution in [1.82, 2.24) is 14.3 Å². The third-order valence-corrected chi connectivity index (χ3v) is 4.54. The van der Waals surface area contributed by atoms with Gasteiger partial charge in [-0.3, -0.25) is 4.79 Å². The minimum atomic E-state index is 0.149. The van der Waals surface area contributed by atoms with Crippen LogP contribution in [0.25, 0.3) is 5.65 Å². The van der Waals surface area contributed by atoms with Gasteiger partial charge in [-0.2, -0.15) is 0 Å². The van der Waals surface area contributed by atoms with Crippen molar-refractivity contribution in [2.45, 2.75) is 44.6 Å². The number of pyridine rings is 1. The van der Waals surface area contributed by atoms with E-state index in [1.165, 1.54) is 19.3 Å². The van der Waals surface area contributed by atoms with E-state index in [-0.39, 0.29) is 5.91 Å². The van der Waals surface area contributed by atoms with E-state index in [1.807, 2.05) is 40.9 Å². The Morgan fingerprint density at radius 3 is 2.86 bits per heavy atom. The number of nitrogens with zero attached hydrogens (tertiary/aromatic N) is 3. The Hall–Kier alpha value is -1.55. The third-order valence-electron chi connectivity index (χ3n) is 4.31. The van der Waals surface area contributed by atoms with Crippen LogP contribution in [0.3, 0.4) is 0 Å². The zero-order valence-electron chi connectivity index (χ0n) is 12.3. The van der Waals surface area contributed by atoms with Gasteiger partial charge in [-0.05, 0) is 25.0 Å². The van der Waals surface area contributed by atoms with Gasteiger partial charge in [-0.1, -0.05) is 30.9 Å². The van der Waals surface area contributed by atoms with Crippen LogP contribution in [0, 0.1) is 0 Å². The fraction of sp³-hybridized carbons (Fsp3) is 0.500. The Labute approximate surface area is 129 Å². The first kappa shape index (κ1) is 14.4. The van der Waals surface area contributed by atoms with Crippen LogP contribution in [-0.4, -0.2) is 33.3 Å². The SMILES string of the molecule is CN(C(=O)Cc1cn2cc(Cl)ccc2n1)C1CCCCC1. The monoisotopic (exact) mass is 305 g/mol. The van der Waals surface area contributed by atoms with Crippen molar-refractivity contribution in [3.8, 4) is 0 Å². The molecule has 0 atom stereocenters. The molecule has 0 bridgehead atoms. The van der Waals surface area contributed by atoms with Crippen LogP contribution < -0.4 is 0 Å². The van der Waals surface area contributed by atoms with E-state index >= 15 is 0 Å². The number of hydrogen-bond acceptors (Lipinski definition) is 2. The lowest BCUT2D eigenvalue weighted by atomic mass is 9.94. The fourth-order valence-electron chi connectivity index (χ4n) is 3.05. The fourth-order valence-corrected chi connectivity index (χ4v) is 3.22. The maximum Gasteiger partial charge on any atom is 0.228 e. The Balaban J connectivity index is 1.70. The molecule has 0 aliphatic heterocycles. The molecular formula is C16H20ClN3O. The van der Waals surface area contributed by atoms with E-state index in [4.69, 9.17) is 11.6 Å². The van der Waals surface area contributed by atoms with Crippen molar-refractivity contribution in [3.63, 3.8) is 0 Å². The number of likely N-dealkylation sites (N-methyl/N-ethyl adjacent to an activating group) is 1. The number of amides is 1. The largest absolute Gasteiger partial charge is 0.342 e. The Morgan fingerprint density at radius 1 is 1.33 bits per heavy atom. The van der Waals surface area contributed by atoms with Gasteiger partial charge in [0.2, 0.25) is 5.91 Å². The maximum atomic E-state index is 12.4. The minimum Gasteiger partial charge on any atom is -0.342 e. The molecule has 3 rings (SSSR count). The molecule has 0 spiro atoms. The summed E-state index contributed by atoms with van der Waals surface area (Å²) in [5.74, 6) is 0.149. The summed E-state index contributed by atoms with van der Waals surface area (Å²) in [5, 5.41) is 0.664. The number of aromatic nitrogens is 2. The molecule has 0 radical (unpaired) electrons. The first-order chi connectivity index (χ1) is 10.1. The van der Waals surface area contributed by atoms with E-state index in [9.17, 15) is 4.79 Å². The van der Waals surface area contributed by atoms with Crippen molar-refractivity contribution >= 4 is 23.2 Å². The van der Waals surface area contributed by atoms with Crippen molar-refractivity contribution in [1.29, 1.82) is 0 Å². The number of imidazole rings is 1. The highest BCUT2D eigenvalue weighted by atomic mass is 35.5. The quantitative estimate of drug-likeness (QED) is 0.872. The lowest BCUT2D eigenvalue weighted by Crippen LogP contribution is -2.39. The Kier molecular flexibility index (Phi) is 4.15. The smallest absolute Gasteiger partial charge is 0.228 e. The van der Waals surface area contributed by atoms with Gasteiger partial charge in [0.05, 0.1) is 17.1 Å². The second kappa shape index (κ2) is 6.06. The van der Waals surface area contributed by atoms with E-state index < -0.39 is 0 Å². The second-order valence-electron chi connectivity index (χ2n) is 5.82. The number of hydrogen-bond donors (Lipinski definition) is 0. The van der Waals surface area contributed by atoms with Gasteiger partial charge < -0.3 is 9.30 Å². The number of carbonyl (C=O) groups excluding carboxylic acids is 1. The van der Waals surface area contributed by atoms with Gasteiger partial charge in [-0.25, -0.2) is 4.98 Å². The highest BCUT2D eigenvalue weighted by molar-refractivity contribution is 6.30. The summed E-state index contributed by atoms with van der Waals surface area (Å²) >= 11 is 5.96. The van der Waals surface area contributed by atoms with Crippen LogP contribution >= 0.6 is 11.6 Å². The van der Waals surface area contributed by atoms with Crippen molar-refractivity contribution in [3.05, 3.63) is 35.2 Å². The zero-order chi connectivity index (χ0) is 14.8. The normalized spacial score (nSPS) is 16.3. The standard InChI is InChI=1S/C16H20ClN3O/c1-19(14-5-3-2-4-6-14)16(21)9-13-11-20-10-12(17)7-8-15(20)18-13/h7-8,10-11,14H,2-6,9H2,1H3. The molecule has 1 saturated carbocycles. The number of rotatable bonds is 3. The van der Waals surface area contributed by atoms with E-state index in [0.29, 0.717) is 17.5 Å². The summed E-state index contributed by atoms with van der Waals surface area (Å²) in [6.45, 7) is 0. The Bertz CT molecular complexity index is 646. The van der Waals surface area contributed by atoms with Crippen molar-refractivity contribution < 1.29 is 4.79 Å². The molecule has 4 nitrogen and oxygen atoms in total. The average Bonchev–Trinajstić information content (AvgIpc) is 2.88. The van der Waals surface area contributed by atoms with Gasteiger partial charge in [0, 0.05) is 25.5 Å². The molecule has 1 fully saturated rings. The van der Waals surface area contributed by atoms with Crippen molar-refractivity contribution in [2.75, 3.05) is 7.05 Å². The maximum absolute atomic E-state index is 12.4. The van der Waals surface area contributed by atoms with Gasteiger partial charge >= 0.3 is 0 Å². The molecule has 2 aromatic heterocycles. The molecule has 2 heterocycles. The first-order valence-corrected chi connectivity index (χ1v) is 7.90. The molecule has 0 saturated heterocycles. The number of halogens is 1. The summed E-state index contributed by atoms with van der Waals surface area (Å²) in [6.07, 6.45) is 10.1.